The minimum atomic E-state index is -1.07. The van der Waals surface area contributed by atoms with Crippen molar-refractivity contribution < 1.29 is 29.6 Å². The fraction of sp³-hybridized carbons (Fsp3) is 0.786. The molecule has 0 aliphatic heterocycles. The van der Waals surface area contributed by atoms with E-state index in [4.69, 9.17) is 9.84 Å². The van der Waals surface area contributed by atoms with Gasteiger partial charge in [0.1, 0.15) is 6.10 Å². The molecule has 2 rings (SSSR count). The largest absolute Gasteiger partial charge is 0.481 e. The Labute approximate surface area is 205 Å². The Hall–Kier alpha value is -1.66. The first-order chi connectivity index (χ1) is 15.8. The summed E-state index contributed by atoms with van der Waals surface area (Å²) < 4.78 is 6.28. The number of esters is 1. The molecular weight excluding hydrogens is 432 g/mol. The zero-order valence-electron chi connectivity index (χ0n) is 21.9. The van der Waals surface area contributed by atoms with Gasteiger partial charge in [0.25, 0.3) is 0 Å². The maximum Gasteiger partial charge on any atom is 0.311 e. The van der Waals surface area contributed by atoms with Crippen LogP contribution in [0, 0.1) is 34.5 Å². The lowest BCUT2D eigenvalue weighted by atomic mass is 9.56. The minimum absolute atomic E-state index is 0.0485. The van der Waals surface area contributed by atoms with Gasteiger partial charge in [0.15, 0.2) is 0 Å². The van der Waals surface area contributed by atoms with Crippen LogP contribution in [0.15, 0.2) is 24.3 Å². The second kappa shape index (κ2) is 11.9. The first-order valence-corrected chi connectivity index (χ1v) is 12.9. The summed E-state index contributed by atoms with van der Waals surface area (Å²) in [5, 5.41) is 29.2. The lowest BCUT2D eigenvalue weighted by molar-refractivity contribution is -0.171. The molecule has 194 valence electrons. The van der Waals surface area contributed by atoms with Crippen LogP contribution in [0.1, 0.15) is 86.5 Å². The summed E-state index contributed by atoms with van der Waals surface area (Å²) in [7, 11) is 0. The van der Waals surface area contributed by atoms with Gasteiger partial charge < -0.3 is 20.1 Å². The highest BCUT2D eigenvalue weighted by Crippen LogP contribution is 2.52. The number of carboxylic acid groups (broad SMARTS) is 1. The van der Waals surface area contributed by atoms with Gasteiger partial charge >= 0.3 is 11.9 Å². The maximum absolute atomic E-state index is 13.1. The van der Waals surface area contributed by atoms with Crippen LogP contribution in [0.5, 0.6) is 0 Å². The highest BCUT2D eigenvalue weighted by Gasteiger charge is 2.49. The van der Waals surface area contributed by atoms with Crippen molar-refractivity contribution in [3.05, 3.63) is 24.3 Å². The Morgan fingerprint density at radius 1 is 1.21 bits per heavy atom. The van der Waals surface area contributed by atoms with Gasteiger partial charge in [-0.25, -0.2) is 0 Å². The van der Waals surface area contributed by atoms with E-state index in [1.165, 1.54) is 0 Å². The van der Waals surface area contributed by atoms with Gasteiger partial charge in [-0.2, -0.15) is 0 Å². The highest BCUT2D eigenvalue weighted by molar-refractivity contribution is 5.76. The predicted octanol–water partition coefficient (Wildman–Crippen LogP) is 5.13. The summed E-state index contributed by atoms with van der Waals surface area (Å²) in [6.07, 6.45) is 10.3. The molecule has 0 amide bonds. The Morgan fingerprint density at radius 2 is 1.88 bits per heavy atom. The number of hydrogen-bond donors (Lipinski definition) is 3. The summed E-state index contributed by atoms with van der Waals surface area (Å²) in [4.78, 5) is 23.9. The van der Waals surface area contributed by atoms with Gasteiger partial charge in [-0.15, -0.1) is 0 Å². The van der Waals surface area contributed by atoms with Crippen molar-refractivity contribution in [2.45, 2.75) is 105 Å². The lowest BCUT2D eigenvalue weighted by Crippen LogP contribution is -2.49. The molecule has 6 nitrogen and oxygen atoms in total. The molecule has 0 spiro atoms. The van der Waals surface area contributed by atoms with Gasteiger partial charge in [-0.05, 0) is 82.5 Å². The van der Waals surface area contributed by atoms with Crippen molar-refractivity contribution in [1.82, 2.24) is 0 Å². The van der Waals surface area contributed by atoms with Crippen LogP contribution in [0.4, 0.5) is 0 Å². The van der Waals surface area contributed by atoms with Crippen molar-refractivity contribution in [2.75, 3.05) is 0 Å². The molecule has 3 N–H and O–H groups in total. The summed E-state index contributed by atoms with van der Waals surface area (Å²) >= 11 is 0. The van der Waals surface area contributed by atoms with Gasteiger partial charge in [-0.1, -0.05) is 45.1 Å². The van der Waals surface area contributed by atoms with Crippen LogP contribution in [-0.2, 0) is 14.3 Å². The number of ether oxygens (including phenoxy) is 1. The average molecular weight is 479 g/mol. The molecule has 0 unspecified atom stereocenters. The Morgan fingerprint density at radius 3 is 2.47 bits per heavy atom. The van der Waals surface area contributed by atoms with E-state index in [-0.39, 0.29) is 54.0 Å². The standard InChI is InChI=1S/C28H46O6/c1-7-13-28(6)16-19-10-9-18(3)22(12-11-20(29)14-21(30)15-24(31)32)25(19)23(17-28)34-26(33)27(4,5)8-2/h7,9-10,13,18-23,25,29-30H,8,11-12,14-17H2,1-6H3,(H,31,32)/b13-7+/t18-,19-,20+,21+,22-,23-,25-,28-/m0/s1. The molecule has 2 aliphatic carbocycles. The molecule has 6 heteroatoms. The fourth-order valence-electron chi connectivity index (χ4n) is 5.89. The van der Waals surface area contributed by atoms with E-state index in [0.717, 1.165) is 19.3 Å². The summed E-state index contributed by atoms with van der Waals surface area (Å²) in [6, 6.07) is 0. The molecule has 2 aliphatic rings. The Balaban J connectivity index is 2.22. The third-order valence-corrected chi connectivity index (χ3v) is 8.18. The minimum Gasteiger partial charge on any atom is -0.481 e. The third kappa shape index (κ3) is 7.42. The average Bonchev–Trinajstić information content (AvgIpc) is 2.72. The molecular formula is C28H46O6. The van der Waals surface area contributed by atoms with Crippen molar-refractivity contribution in [1.29, 1.82) is 0 Å². The molecule has 1 fully saturated rings. The normalized spacial score (nSPS) is 33.4. The summed E-state index contributed by atoms with van der Waals surface area (Å²) in [5.41, 5.74) is -0.584. The molecule has 34 heavy (non-hydrogen) atoms. The molecule has 0 aromatic rings. The van der Waals surface area contributed by atoms with E-state index in [1.54, 1.807) is 0 Å². The molecule has 0 aromatic carbocycles. The van der Waals surface area contributed by atoms with E-state index in [0.29, 0.717) is 12.8 Å². The first kappa shape index (κ1) is 28.6. The number of allylic oxidation sites excluding steroid dienone is 4. The van der Waals surface area contributed by atoms with E-state index >= 15 is 0 Å². The maximum atomic E-state index is 13.1. The third-order valence-electron chi connectivity index (χ3n) is 8.18. The van der Waals surface area contributed by atoms with Crippen LogP contribution in [0.3, 0.4) is 0 Å². The molecule has 8 atom stereocenters. The summed E-state index contributed by atoms with van der Waals surface area (Å²) in [6.45, 7) is 12.3. The van der Waals surface area contributed by atoms with Gasteiger partial charge in [0.05, 0.1) is 24.0 Å². The van der Waals surface area contributed by atoms with Crippen molar-refractivity contribution in [3.8, 4) is 0 Å². The molecule has 0 bridgehead atoms. The van der Waals surface area contributed by atoms with Gasteiger partial charge in [0.2, 0.25) is 0 Å². The molecule has 0 heterocycles. The lowest BCUT2D eigenvalue weighted by Gasteiger charge is -2.51. The van der Waals surface area contributed by atoms with Crippen molar-refractivity contribution in [3.63, 3.8) is 0 Å². The number of aliphatic hydroxyl groups excluding tert-OH is 2. The SMILES string of the molecule is C/C=C/[C@]1(C)C[C@H](OC(=O)C(C)(C)CC)[C@@H]2[C@@H](CC[C@@H](O)C[C@@H](O)CC(=O)O)[C@@H](C)C=C[C@H]2C1. The first-order valence-electron chi connectivity index (χ1n) is 12.9. The second-order valence-electron chi connectivity index (χ2n) is 11.6. The number of carboxylic acids is 1. The number of carbonyl (C=O) groups excluding carboxylic acids is 1. The van der Waals surface area contributed by atoms with Crippen LogP contribution >= 0.6 is 0 Å². The van der Waals surface area contributed by atoms with Crippen LogP contribution in [-0.4, -0.2) is 45.6 Å². The topological polar surface area (TPSA) is 104 Å². The zero-order valence-corrected chi connectivity index (χ0v) is 21.9. The quantitative estimate of drug-likeness (QED) is 0.281. The molecule has 0 aromatic heterocycles. The van der Waals surface area contributed by atoms with E-state index < -0.39 is 23.6 Å². The van der Waals surface area contributed by atoms with Crippen LogP contribution in [0.25, 0.3) is 0 Å². The van der Waals surface area contributed by atoms with Gasteiger partial charge in [0, 0.05) is 5.92 Å². The number of aliphatic carboxylic acids is 1. The second-order valence-corrected chi connectivity index (χ2v) is 11.6. The monoisotopic (exact) mass is 478 g/mol. The number of aliphatic hydroxyl groups is 2. The smallest absolute Gasteiger partial charge is 0.311 e. The molecule has 0 radical (unpaired) electrons. The summed E-state index contributed by atoms with van der Waals surface area (Å²) in [5.74, 6) is -0.247. The van der Waals surface area contributed by atoms with E-state index in [9.17, 15) is 19.8 Å². The highest BCUT2D eigenvalue weighted by atomic mass is 16.5. The number of rotatable bonds is 11. The number of fused-ring (bicyclic) bond motifs is 1. The molecule has 0 saturated heterocycles. The molecule has 1 saturated carbocycles. The van der Waals surface area contributed by atoms with Crippen molar-refractivity contribution >= 4 is 11.9 Å². The number of carbonyl (C=O) groups is 2. The van der Waals surface area contributed by atoms with Crippen molar-refractivity contribution in [2.24, 2.45) is 34.5 Å². The van der Waals surface area contributed by atoms with E-state index in [2.05, 4.69) is 38.2 Å². The zero-order chi connectivity index (χ0) is 25.7. The fourth-order valence-corrected chi connectivity index (χ4v) is 5.89. The van der Waals surface area contributed by atoms with Crippen LogP contribution < -0.4 is 0 Å². The number of hydrogen-bond acceptors (Lipinski definition) is 5. The van der Waals surface area contributed by atoms with Gasteiger partial charge in [-0.3, -0.25) is 9.59 Å². The predicted molar refractivity (Wildman–Crippen MR) is 133 cm³/mol. The van der Waals surface area contributed by atoms with E-state index in [1.807, 2.05) is 27.7 Å². The Bertz CT molecular complexity index is 756. The van der Waals surface area contributed by atoms with Crippen LogP contribution in [0.2, 0.25) is 0 Å². The Kier molecular flexibility index (Phi) is 9.96.